The molecule has 120 valence electrons. The van der Waals surface area contributed by atoms with Crippen molar-refractivity contribution in [3.8, 4) is 11.1 Å². The summed E-state index contributed by atoms with van der Waals surface area (Å²) in [6, 6.07) is 5.84. The number of rotatable bonds is 2. The molecule has 1 aliphatic heterocycles. The summed E-state index contributed by atoms with van der Waals surface area (Å²) in [5.41, 5.74) is -0.741. The number of pyridine rings is 1. The summed E-state index contributed by atoms with van der Waals surface area (Å²) in [5.74, 6) is -1.33. The van der Waals surface area contributed by atoms with Crippen molar-refractivity contribution in [2.45, 2.75) is 38.9 Å². The lowest BCUT2D eigenvalue weighted by Crippen LogP contribution is -2.41. The van der Waals surface area contributed by atoms with Crippen LogP contribution in [-0.2, 0) is 9.31 Å². The molecule has 1 aliphatic rings. The van der Waals surface area contributed by atoms with Gasteiger partial charge in [0.05, 0.1) is 16.8 Å². The summed E-state index contributed by atoms with van der Waals surface area (Å²) < 4.78 is 40.8. The molecule has 1 aromatic heterocycles. The Hall–Kier alpha value is -1.79. The van der Waals surface area contributed by atoms with Crippen LogP contribution in [0.15, 0.2) is 36.7 Å². The van der Waals surface area contributed by atoms with Gasteiger partial charge in [0.15, 0.2) is 0 Å². The smallest absolute Gasteiger partial charge is 0.399 e. The van der Waals surface area contributed by atoms with Gasteiger partial charge in [0, 0.05) is 23.4 Å². The van der Waals surface area contributed by atoms with E-state index in [2.05, 4.69) is 4.98 Å². The topological polar surface area (TPSA) is 31.4 Å². The summed E-state index contributed by atoms with van der Waals surface area (Å²) in [4.78, 5) is 3.92. The molecule has 1 fully saturated rings. The van der Waals surface area contributed by atoms with Crippen LogP contribution in [0, 0.1) is 11.6 Å². The van der Waals surface area contributed by atoms with E-state index in [1.54, 1.807) is 18.3 Å². The zero-order valence-electron chi connectivity index (χ0n) is 13.6. The van der Waals surface area contributed by atoms with E-state index >= 15 is 0 Å². The molecular formula is C17H18BF2NO2. The number of halogens is 2. The molecule has 0 N–H and O–H groups in total. The highest BCUT2D eigenvalue weighted by molar-refractivity contribution is 6.62. The number of benzene rings is 1. The fourth-order valence-corrected chi connectivity index (χ4v) is 2.50. The van der Waals surface area contributed by atoms with Gasteiger partial charge in [-0.05, 0) is 39.8 Å². The maximum absolute atomic E-state index is 14.9. The van der Waals surface area contributed by atoms with Crippen LogP contribution in [-0.4, -0.2) is 23.3 Å². The van der Waals surface area contributed by atoms with Gasteiger partial charge in [0.2, 0.25) is 0 Å². The molecule has 0 saturated carbocycles. The molecule has 1 aromatic carbocycles. The molecule has 3 nitrogen and oxygen atoms in total. The van der Waals surface area contributed by atoms with Gasteiger partial charge in [-0.15, -0.1) is 0 Å². The largest absolute Gasteiger partial charge is 0.497 e. The molecule has 1 saturated heterocycles. The normalized spacial score (nSPS) is 19.1. The average molecular weight is 317 g/mol. The fourth-order valence-electron chi connectivity index (χ4n) is 2.50. The van der Waals surface area contributed by atoms with E-state index in [1.165, 1.54) is 18.3 Å². The Kier molecular flexibility index (Phi) is 3.77. The second-order valence-corrected chi connectivity index (χ2v) is 6.66. The van der Waals surface area contributed by atoms with Crippen molar-refractivity contribution in [2.75, 3.05) is 0 Å². The third-order valence-electron chi connectivity index (χ3n) is 4.58. The Morgan fingerprint density at radius 1 is 1.00 bits per heavy atom. The van der Waals surface area contributed by atoms with Gasteiger partial charge in [-0.3, -0.25) is 4.98 Å². The summed E-state index contributed by atoms with van der Waals surface area (Å²) in [6.45, 7) is 7.54. The van der Waals surface area contributed by atoms with Gasteiger partial charge in [0.25, 0.3) is 0 Å². The highest BCUT2D eigenvalue weighted by Gasteiger charge is 2.52. The maximum Gasteiger partial charge on any atom is 0.497 e. The quantitative estimate of drug-likeness (QED) is 0.796. The molecule has 0 unspecified atom stereocenters. The van der Waals surface area contributed by atoms with Crippen molar-refractivity contribution in [1.82, 2.24) is 4.98 Å². The van der Waals surface area contributed by atoms with E-state index in [-0.39, 0.29) is 11.0 Å². The van der Waals surface area contributed by atoms with Crippen LogP contribution in [0.25, 0.3) is 11.1 Å². The Bertz CT molecular complexity index is 719. The van der Waals surface area contributed by atoms with Crippen molar-refractivity contribution in [2.24, 2.45) is 0 Å². The lowest BCUT2D eigenvalue weighted by molar-refractivity contribution is 0.00578. The van der Waals surface area contributed by atoms with Gasteiger partial charge >= 0.3 is 7.12 Å². The number of nitrogens with zero attached hydrogens (tertiary/aromatic N) is 1. The number of hydrogen-bond acceptors (Lipinski definition) is 3. The highest BCUT2D eigenvalue weighted by Crippen LogP contribution is 2.37. The minimum Gasteiger partial charge on any atom is -0.399 e. The first kappa shape index (κ1) is 16.1. The molecule has 2 aromatic rings. The van der Waals surface area contributed by atoms with Crippen molar-refractivity contribution in [3.63, 3.8) is 0 Å². The van der Waals surface area contributed by atoms with E-state index in [9.17, 15) is 8.78 Å². The van der Waals surface area contributed by atoms with Crippen LogP contribution in [0.3, 0.4) is 0 Å². The zero-order valence-corrected chi connectivity index (χ0v) is 13.6. The summed E-state index contributed by atoms with van der Waals surface area (Å²) in [7, 11) is -0.879. The molecule has 0 aliphatic carbocycles. The van der Waals surface area contributed by atoms with Crippen molar-refractivity contribution >= 4 is 12.6 Å². The SMILES string of the molecule is CC1(C)OB(c2ccc(F)c(-c3cccnc3)c2F)OC1(C)C. The van der Waals surface area contributed by atoms with E-state index in [0.29, 0.717) is 5.56 Å². The Labute approximate surface area is 134 Å². The van der Waals surface area contributed by atoms with Gasteiger partial charge in [-0.2, -0.15) is 0 Å². The number of aromatic nitrogens is 1. The Morgan fingerprint density at radius 3 is 2.22 bits per heavy atom. The molecule has 3 rings (SSSR count). The minimum absolute atomic E-state index is 0.120. The average Bonchev–Trinajstić information content (AvgIpc) is 2.68. The van der Waals surface area contributed by atoms with E-state index in [0.717, 1.165) is 0 Å². The second kappa shape index (κ2) is 5.39. The molecule has 2 heterocycles. The lowest BCUT2D eigenvalue weighted by Gasteiger charge is -2.32. The minimum atomic E-state index is -0.879. The molecule has 23 heavy (non-hydrogen) atoms. The first-order valence-electron chi connectivity index (χ1n) is 7.47. The predicted molar refractivity (Wildman–Crippen MR) is 85.3 cm³/mol. The Morgan fingerprint density at radius 2 is 1.65 bits per heavy atom. The van der Waals surface area contributed by atoms with Crippen molar-refractivity contribution < 1.29 is 18.1 Å². The van der Waals surface area contributed by atoms with E-state index in [4.69, 9.17) is 9.31 Å². The molecule has 0 bridgehead atoms. The van der Waals surface area contributed by atoms with Gasteiger partial charge in [0.1, 0.15) is 11.6 Å². The first-order valence-corrected chi connectivity index (χ1v) is 7.47. The van der Waals surface area contributed by atoms with Crippen molar-refractivity contribution in [3.05, 3.63) is 48.3 Å². The van der Waals surface area contributed by atoms with E-state index < -0.39 is 30.0 Å². The third kappa shape index (κ3) is 2.66. The first-order chi connectivity index (χ1) is 10.7. The molecule has 0 spiro atoms. The van der Waals surface area contributed by atoms with Crippen LogP contribution < -0.4 is 5.46 Å². The van der Waals surface area contributed by atoms with Crippen LogP contribution in [0.2, 0.25) is 0 Å². The third-order valence-corrected chi connectivity index (χ3v) is 4.58. The monoisotopic (exact) mass is 317 g/mol. The second-order valence-electron chi connectivity index (χ2n) is 6.66. The van der Waals surface area contributed by atoms with Crippen molar-refractivity contribution in [1.29, 1.82) is 0 Å². The molecule has 0 radical (unpaired) electrons. The standard InChI is InChI=1S/C17H18BF2NO2/c1-16(2)17(3,4)23-18(22-16)12-7-8-13(19)14(15(12)20)11-6-5-9-21-10-11/h5-10H,1-4H3. The highest BCUT2D eigenvalue weighted by atomic mass is 19.1. The van der Waals surface area contributed by atoms with Gasteiger partial charge in [-0.25, -0.2) is 8.78 Å². The maximum atomic E-state index is 14.9. The molecule has 0 atom stereocenters. The van der Waals surface area contributed by atoms with E-state index in [1.807, 2.05) is 27.7 Å². The molecular weight excluding hydrogens is 299 g/mol. The van der Waals surface area contributed by atoms with Crippen LogP contribution in [0.5, 0.6) is 0 Å². The lowest BCUT2D eigenvalue weighted by atomic mass is 9.77. The fraction of sp³-hybridized carbons (Fsp3) is 0.353. The molecule has 6 heteroatoms. The Balaban J connectivity index is 2.07. The van der Waals surface area contributed by atoms with Crippen LogP contribution in [0.4, 0.5) is 8.78 Å². The van der Waals surface area contributed by atoms with Crippen LogP contribution >= 0.6 is 0 Å². The molecule has 0 amide bonds. The zero-order chi connectivity index (χ0) is 16.8. The van der Waals surface area contributed by atoms with Crippen LogP contribution in [0.1, 0.15) is 27.7 Å². The van der Waals surface area contributed by atoms with Gasteiger partial charge in [-0.1, -0.05) is 12.1 Å². The number of hydrogen-bond donors (Lipinski definition) is 0. The summed E-state index contributed by atoms with van der Waals surface area (Å²) >= 11 is 0. The predicted octanol–water partition coefficient (Wildman–Crippen LogP) is 3.33. The summed E-state index contributed by atoms with van der Waals surface area (Å²) in [6.07, 6.45) is 2.98. The van der Waals surface area contributed by atoms with Gasteiger partial charge < -0.3 is 9.31 Å². The summed E-state index contributed by atoms with van der Waals surface area (Å²) in [5, 5.41) is 0.